The van der Waals surface area contributed by atoms with Crippen LogP contribution >= 0.6 is 15.9 Å². The summed E-state index contributed by atoms with van der Waals surface area (Å²) in [5.41, 5.74) is 0.977. The summed E-state index contributed by atoms with van der Waals surface area (Å²) >= 11 is 3.28. The molecule has 1 N–H and O–H groups in total. The first-order valence-corrected chi connectivity index (χ1v) is 6.81. The second kappa shape index (κ2) is 9.25. The molecule has 0 spiro atoms. The minimum atomic E-state index is -0.200. The molecule has 0 saturated heterocycles. The summed E-state index contributed by atoms with van der Waals surface area (Å²) in [4.78, 5) is 0. The molecule has 0 aliphatic rings. The third-order valence-corrected chi connectivity index (χ3v) is 2.87. The molecule has 0 aliphatic heterocycles. The Morgan fingerprint density at radius 3 is 2.83 bits per heavy atom. The maximum atomic E-state index is 13.1. The Morgan fingerprint density at radius 2 is 2.11 bits per heavy atom. The molecule has 0 bridgehead atoms. The number of ether oxygens (including phenoxy) is 1. The zero-order valence-electron chi connectivity index (χ0n) is 10.6. The fraction of sp³-hybridized carbons (Fsp3) is 0.429. The zero-order valence-corrected chi connectivity index (χ0v) is 12.2. The Kier molecular flexibility index (Phi) is 7.89. The largest absolute Gasteiger partial charge is 0.383 e. The van der Waals surface area contributed by atoms with E-state index in [1.54, 1.807) is 13.2 Å². The Hall–Kier alpha value is -0.710. The van der Waals surface area contributed by atoms with Gasteiger partial charge in [0, 0.05) is 18.1 Å². The van der Waals surface area contributed by atoms with E-state index in [4.69, 9.17) is 4.74 Å². The molecule has 0 atom stereocenters. The highest BCUT2D eigenvalue weighted by atomic mass is 79.9. The van der Waals surface area contributed by atoms with Crippen molar-refractivity contribution < 1.29 is 9.13 Å². The van der Waals surface area contributed by atoms with Gasteiger partial charge < -0.3 is 10.1 Å². The van der Waals surface area contributed by atoms with Crippen LogP contribution in [0.4, 0.5) is 4.39 Å². The van der Waals surface area contributed by atoms with Crippen molar-refractivity contribution in [2.24, 2.45) is 0 Å². The maximum absolute atomic E-state index is 13.1. The normalized spacial score (nSPS) is 11.3. The summed E-state index contributed by atoms with van der Waals surface area (Å²) in [7, 11) is 1.69. The molecule has 0 saturated carbocycles. The Balaban J connectivity index is 2.19. The highest BCUT2D eigenvalue weighted by Gasteiger charge is 1.96. The van der Waals surface area contributed by atoms with E-state index in [1.165, 1.54) is 6.07 Å². The molecule has 0 amide bonds. The minimum Gasteiger partial charge on any atom is -0.383 e. The van der Waals surface area contributed by atoms with E-state index in [1.807, 2.05) is 6.07 Å². The molecule has 1 rings (SSSR count). The lowest BCUT2D eigenvalue weighted by atomic mass is 10.1. The Labute approximate surface area is 116 Å². The number of hydrogen-bond donors (Lipinski definition) is 1. The van der Waals surface area contributed by atoms with E-state index in [0.29, 0.717) is 0 Å². The van der Waals surface area contributed by atoms with Crippen LogP contribution in [0.25, 0.3) is 0 Å². The van der Waals surface area contributed by atoms with Crippen LogP contribution in [-0.4, -0.2) is 26.8 Å². The predicted molar refractivity (Wildman–Crippen MR) is 76.3 cm³/mol. The lowest BCUT2D eigenvalue weighted by Gasteiger charge is -2.01. The van der Waals surface area contributed by atoms with Crippen molar-refractivity contribution in [1.82, 2.24) is 5.32 Å². The molecule has 0 aromatic heterocycles. The highest BCUT2D eigenvalue weighted by Crippen LogP contribution is 2.15. The van der Waals surface area contributed by atoms with Gasteiger partial charge in [0.05, 0.1) is 6.61 Å². The van der Waals surface area contributed by atoms with Crippen LogP contribution in [-0.2, 0) is 11.2 Å². The quantitative estimate of drug-likeness (QED) is 0.587. The summed E-state index contributed by atoms with van der Waals surface area (Å²) in [6.45, 7) is 2.55. The van der Waals surface area contributed by atoms with Gasteiger partial charge in [-0.15, -0.1) is 0 Å². The van der Waals surface area contributed by atoms with E-state index in [-0.39, 0.29) is 5.82 Å². The molecule has 0 heterocycles. The molecule has 18 heavy (non-hydrogen) atoms. The third kappa shape index (κ3) is 6.89. The number of rotatable bonds is 8. The SMILES string of the molecule is COCCNCCC=CCc1cc(F)cc(Br)c1. The van der Waals surface area contributed by atoms with Crippen LogP contribution in [0.5, 0.6) is 0 Å². The van der Waals surface area contributed by atoms with Crippen molar-refractivity contribution in [3.8, 4) is 0 Å². The summed E-state index contributed by atoms with van der Waals surface area (Å²) in [6.07, 6.45) is 5.91. The number of allylic oxidation sites excluding steroid dienone is 1. The van der Waals surface area contributed by atoms with Crippen LogP contribution in [0.15, 0.2) is 34.8 Å². The van der Waals surface area contributed by atoms with Crippen molar-refractivity contribution in [3.63, 3.8) is 0 Å². The van der Waals surface area contributed by atoms with Crippen LogP contribution in [0.3, 0.4) is 0 Å². The lowest BCUT2D eigenvalue weighted by Crippen LogP contribution is -2.19. The first-order valence-electron chi connectivity index (χ1n) is 6.02. The average Bonchev–Trinajstić information content (AvgIpc) is 2.31. The smallest absolute Gasteiger partial charge is 0.124 e. The molecule has 100 valence electrons. The number of methoxy groups -OCH3 is 1. The van der Waals surface area contributed by atoms with Gasteiger partial charge in [-0.3, -0.25) is 0 Å². The van der Waals surface area contributed by atoms with E-state index in [9.17, 15) is 4.39 Å². The van der Waals surface area contributed by atoms with Crippen LogP contribution in [0.1, 0.15) is 12.0 Å². The van der Waals surface area contributed by atoms with Gasteiger partial charge in [-0.25, -0.2) is 4.39 Å². The number of hydrogen-bond acceptors (Lipinski definition) is 2. The topological polar surface area (TPSA) is 21.3 Å². The Morgan fingerprint density at radius 1 is 1.28 bits per heavy atom. The minimum absolute atomic E-state index is 0.200. The molecular weight excluding hydrogens is 297 g/mol. The van der Waals surface area contributed by atoms with Gasteiger partial charge in [0.1, 0.15) is 5.82 Å². The standard InChI is InChI=1S/C14H19BrFNO/c1-18-8-7-17-6-4-2-3-5-12-9-13(15)11-14(16)10-12/h2-3,9-11,17H,4-8H2,1H3. The molecule has 0 unspecified atom stereocenters. The summed E-state index contributed by atoms with van der Waals surface area (Å²) < 4.78 is 18.8. The molecule has 0 fully saturated rings. The predicted octanol–water partition coefficient (Wildman–Crippen LogP) is 3.31. The number of nitrogens with one attached hydrogen (secondary N) is 1. The van der Waals surface area contributed by atoms with Gasteiger partial charge in [-0.2, -0.15) is 0 Å². The molecular formula is C14H19BrFNO. The molecule has 2 nitrogen and oxygen atoms in total. The second-order valence-corrected chi connectivity index (χ2v) is 4.90. The van der Waals surface area contributed by atoms with Crippen molar-refractivity contribution in [3.05, 3.63) is 46.2 Å². The van der Waals surface area contributed by atoms with Gasteiger partial charge in [-0.05, 0) is 43.1 Å². The van der Waals surface area contributed by atoms with Crippen molar-refractivity contribution >= 4 is 15.9 Å². The van der Waals surface area contributed by atoms with Crippen LogP contribution in [0.2, 0.25) is 0 Å². The van der Waals surface area contributed by atoms with E-state index in [0.717, 1.165) is 42.6 Å². The van der Waals surface area contributed by atoms with E-state index >= 15 is 0 Å². The molecule has 0 radical (unpaired) electrons. The fourth-order valence-electron chi connectivity index (χ4n) is 1.55. The number of halogens is 2. The van der Waals surface area contributed by atoms with Crippen molar-refractivity contribution in [1.29, 1.82) is 0 Å². The summed E-state index contributed by atoms with van der Waals surface area (Å²) in [6, 6.07) is 4.96. The van der Waals surface area contributed by atoms with Gasteiger partial charge >= 0.3 is 0 Å². The van der Waals surface area contributed by atoms with Crippen molar-refractivity contribution in [2.45, 2.75) is 12.8 Å². The van der Waals surface area contributed by atoms with Crippen LogP contribution in [0, 0.1) is 5.82 Å². The molecule has 0 aliphatic carbocycles. The fourth-order valence-corrected chi connectivity index (χ4v) is 2.06. The van der Waals surface area contributed by atoms with E-state index < -0.39 is 0 Å². The molecule has 1 aromatic rings. The second-order valence-electron chi connectivity index (χ2n) is 3.98. The number of benzene rings is 1. The average molecular weight is 316 g/mol. The first-order chi connectivity index (χ1) is 8.72. The van der Waals surface area contributed by atoms with Gasteiger partial charge in [0.25, 0.3) is 0 Å². The Bertz CT molecular complexity index is 362. The summed E-state index contributed by atoms with van der Waals surface area (Å²) in [5, 5.41) is 3.26. The van der Waals surface area contributed by atoms with Crippen molar-refractivity contribution in [2.75, 3.05) is 26.8 Å². The summed E-state index contributed by atoms with van der Waals surface area (Å²) in [5.74, 6) is -0.200. The third-order valence-electron chi connectivity index (χ3n) is 2.41. The van der Waals surface area contributed by atoms with Gasteiger partial charge in [0.2, 0.25) is 0 Å². The van der Waals surface area contributed by atoms with Gasteiger partial charge in [-0.1, -0.05) is 28.1 Å². The van der Waals surface area contributed by atoms with Crippen LogP contribution < -0.4 is 5.32 Å². The first kappa shape index (κ1) is 15.3. The maximum Gasteiger partial charge on any atom is 0.124 e. The highest BCUT2D eigenvalue weighted by molar-refractivity contribution is 9.10. The van der Waals surface area contributed by atoms with E-state index in [2.05, 4.69) is 33.4 Å². The zero-order chi connectivity index (χ0) is 13.2. The van der Waals surface area contributed by atoms with Gasteiger partial charge in [0.15, 0.2) is 0 Å². The lowest BCUT2D eigenvalue weighted by molar-refractivity contribution is 0.199. The molecule has 1 aromatic carbocycles. The molecule has 4 heteroatoms. The monoisotopic (exact) mass is 315 g/mol.